The van der Waals surface area contributed by atoms with Gasteiger partial charge in [0.1, 0.15) is 29.9 Å². The Morgan fingerprint density at radius 2 is 1.86 bits per heavy atom. The molecule has 0 aliphatic rings. The van der Waals surface area contributed by atoms with Crippen LogP contribution in [-0.2, 0) is 0 Å². The van der Waals surface area contributed by atoms with Crippen LogP contribution in [0.2, 0.25) is 0 Å². The van der Waals surface area contributed by atoms with Crippen LogP contribution >= 0.6 is 23.1 Å². The van der Waals surface area contributed by atoms with Crippen molar-refractivity contribution in [1.82, 2.24) is 15.0 Å². The highest BCUT2D eigenvalue weighted by Crippen LogP contribution is 2.40. The van der Waals surface area contributed by atoms with Crippen LogP contribution in [0.5, 0.6) is 11.5 Å². The van der Waals surface area contributed by atoms with Gasteiger partial charge in [0.25, 0.3) is 0 Å². The van der Waals surface area contributed by atoms with Crippen LogP contribution in [-0.4, -0.2) is 35.3 Å². The van der Waals surface area contributed by atoms with Gasteiger partial charge < -0.3 is 20.9 Å². The number of thioether (sulfide) groups is 1. The molecular weight excluding hydrogens is 413 g/mol. The number of hydrogen-bond donors (Lipinski definition) is 2. The SMILES string of the molecule is COc1ccc(-c2nc([C@@H](C)Sc3nc(N)cc(N)n3)c(C)s2)cc1OCCF. The lowest BCUT2D eigenvalue weighted by molar-refractivity contribution is 0.260. The van der Waals surface area contributed by atoms with E-state index in [4.69, 9.17) is 25.9 Å². The fourth-order valence-corrected chi connectivity index (χ4v) is 4.76. The van der Waals surface area contributed by atoms with Crippen molar-refractivity contribution in [2.24, 2.45) is 0 Å². The summed E-state index contributed by atoms with van der Waals surface area (Å²) in [5.41, 5.74) is 13.3. The molecule has 2 aromatic heterocycles. The average molecular weight is 436 g/mol. The van der Waals surface area contributed by atoms with Gasteiger partial charge in [0.05, 0.1) is 18.1 Å². The first-order chi connectivity index (χ1) is 13.9. The maximum absolute atomic E-state index is 12.5. The minimum atomic E-state index is -0.570. The third-order valence-corrected chi connectivity index (χ3v) is 6.00. The topological polar surface area (TPSA) is 109 Å². The molecule has 0 fully saturated rings. The van der Waals surface area contributed by atoms with E-state index in [0.29, 0.717) is 28.3 Å². The smallest absolute Gasteiger partial charge is 0.192 e. The van der Waals surface area contributed by atoms with Crippen molar-refractivity contribution >= 4 is 34.7 Å². The fraction of sp³-hybridized carbons (Fsp3) is 0.316. The zero-order valence-corrected chi connectivity index (χ0v) is 17.9. The molecule has 0 bridgehead atoms. The number of ether oxygens (including phenoxy) is 2. The number of anilines is 2. The van der Waals surface area contributed by atoms with Gasteiger partial charge in [-0.1, -0.05) is 11.8 Å². The molecule has 0 aliphatic heterocycles. The summed E-state index contributed by atoms with van der Waals surface area (Å²) in [5.74, 6) is 1.71. The van der Waals surface area contributed by atoms with Crippen molar-refractivity contribution in [2.45, 2.75) is 24.3 Å². The number of benzene rings is 1. The Kier molecular flexibility index (Phi) is 6.75. The number of aryl methyl sites for hydroxylation is 1. The van der Waals surface area contributed by atoms with Crippen molar-refractivity contribution < 1.29 is 13.9 Å². The summed E-state index contributed by atoms with van der Waals surface area (Å²) in [4.78, 5) is 14.3. The normalized spacial score (nSPS) is 12.0. The molecular formula is C19H22FN5O2S2. The number of thiazole rings is 1. The summed E-state index contributed by atoms with van der Waals surface area (Å²) in [6.07, 6.45) is 0. The molecule has 0 aliphatic carbocycles. The van der Waals surface area contributed by atoms with E-state index in [1.165, 1.54) is 17.8 Å². The third kappa shape index (κ3) is 5.07. The quantitative estimate of drug-likeness (QED) is 0.398. The largest absolute Gasteiger partial charge is 0.493 e. The van der Waals surface area contributed by atoms with E-state index in [0.717, 1.165) is 21.1 Å². The number of aromatic nitrogens is 3. The second kappa shape index (κ2) is 9.27. The van der Waals surface area contributed by atoms with Gasteiger partial charge in [-0.2, -0.15) is 0 Å². The first kappa shape index (κ1) is 21.1. The average Bonchev–Trinajstić information content (AvgIpc) is 3.07. The number of nitrogen functional groups attached to an aromatic ring is 2. The van der Waals surface area contributed by atoms with Gasteiger partial charge in [0, 0.05) is 16.5 Å². The molecule has 29 heavy (non-hydrogen) atoms. The zero-order valence-electron chi connectivity index (χ0n) is 16.3. The molecule has 10 heteroatoms. The van der Waals surface area contributed by atoms with Crippen LogP contribution in [0.15, 0.2) is 29.4 Å². The predicted molar refractivity (Wildman–Crippen MR) is 115 cm³/mol. The Balaban J connectivity index is 1.85. The molecule has 1 aromatic carbocycles. The molecule has 7 nitrogen and oxygen atoms in total. The number of alkyl halides is 1. The van der Waals surface area contributed by atoms with Crippen molar-refractivity contribution in [2.75, 3.05) is 31.9 Å². The van der Waals surface area contributed by atoms with E-state index in [-0.39, 0.29) is 11.9 Å². The van der Waals surface area contributed by atoms with E-state index in [1.807, 2.05) is 26.0 Å². The Labute approximate surface area is 176 Å². The minimum absolute atomic E-state index is 0.00158. The highest BCUT2D eigenvalue weighted by Gasteiger charge is 2.19. The standard InChI is InChI=1S/C19H22FN5O2S2/c1-10-17(11(2)29-19-23-15(21)9-16(22)24-19)25-18(28-10)12-4-5-13(26-3)14(8-12)27-7-6-20/h4-5,8-9,11H,6-7H2,1-3H3,(H4,21,22,23,24)/t11-/m1/s1. The second-order valence-electron chi connectivity index (χ2n) is 6.12. The molecule has 0 radical (unpaired) electrons. The molecule has 0 saturated carbocycles. The van der Waals surface area contributed by atoms with Crippen LogP contribution in [0, 0.1) is 6.92 Å². The van der Waals surface area contributed by atoms with Gasteiger partial charge in [0.15, 0.2) is 16.7 Å². The molecule has 0 unspecified atom stereocenters. The molecule has 3 rings (SSSR count). The highest BCUT2D eigenvalue weighted by molar-refractivity contribution is 7.99. The fourth-order valence-electron chi connectivity index (χ4n) is 2.71. The van der Waals surface area contributed by atoms with Gasteiger partial charge in [-0.15, -0.1) is 11.3 Å². The highest BCUT2D eigenvalue weighted by atomic mass is 32.2. The first-order valence-electron chi connectivity index (χ1n) is 8.82. The predicted octanol–water partition coefficient (Wildman–Crippen LogP) is 4.28. The maximum Gasteiger partial charge on any atom is 0.192 e. The molecule has 1 atom stereocenters. The molecule has 4 N–H and O–H groups in total. The van der Waals surface area contributed by atoms with Crippen LogP contribution in [0.25, 0.3) is 10.6 Å². The Morgan fingerprint density at radius 1 is 1.14 bits per heavy atom. The Morgan fingerprint density at radius 3 is 2.52 bits per heavy atom. The molecule has 2 heterocycles. The number of nitrogens with two attached hydrogens (primary N) is 2. The summed E-state index contributed by atoms with van der Waals surface area (Å²) < 4.78 is 23.2. The van der Waals surface area contributed by atoms with E-state index in [2.05, 4.69) is 9.97 Å². The van der Waals surface area contributed by atoms with Gasteiger partial charge in [0.2, 0.25) is 0 Å². The Bertz CT molecular complexity index is 978. The van der Waals surface area contributed by atoms with Crippen molar-refractivity contribution in [1.29, 1.82) is 0 Å². The first-order valence-corrected chi connectivity index (χ1v) is 10.5. The van der Waals surface area contributed by atoms with Crippen molar-refractivity contribution in [3.05, 3.63) is 34.8 Å². The summed E-state index contributed by atoms with van der Waals surface area (Å²) in [6, 6.07) is 7.03. The summed E-state index contributed by atoms with van der Waals surface area (Å²) in [5, 5.41) is 1.35. The molecule has 0 spiro atoms. The van der Waals surface area contributed by atoms with E-state index < -0.39 is 6.67 Å². The van der Waals surface area contributed by atoms with E-state index in [1.54, 1.807) is 24.5 Å². The third-order valence-electron chi connectivity index (χ3n) is 3.99. The Hall–Kier alpha value is -2.59. The monoisotopic (exact) mass is 435 g/mol. The van der Waals surface area contributed by atoms with Gasteiger partial charge in [-0.05, 0) is 32.0 Å². The number of rotatable bonds is 8. The second-order valence-corrected chi connectivity index (χ2v) is 8.64. The van der Waals surface area contributed by atoms with Gasteiger partial charge in [-0.3, -0.25) is 0 Å². The summed E-state index contributed by atoms with van der Waals surface area (Å²) in [7, 11) is 1.55. The number of halogens is 1. The lowest BCUT2D eigenvalue weighted by Gasteiger charge is -2.10. The van der Waals surface area contributed by atoms with E-state index >= 15 is 0 Å². The van der Waals surface area contributed by atoms with Crippen LogP contribution < -0.4 is 20.9 Å². The maximum atomic E-state index is 12.5. The molecule has 0 saturated heterocycles. The van der Waals surface area contributed by atoms with Crippen LogP contribution in [0.3, 0.4) is 0 Å². The molecule has 0 amide bonds. The molecule has 154 valence electrons. The van der Waals surface area contributed by atoms with E-state index in [9.17, 15) is 4.39 Å². The lowest BCUT2D eigenvalue weighted by atomic mass is 10.2. The van der Waals surface area contributed by atoms with Gasteiger partial charge >= 0.3 is 0 Å². The summed E-state index contributed by atoms with van der Waals surface area (Å²) in [6.45, 7) is 3.45. The van der Waals surface area contributed by atoms with Crippen LogP contribution in [0.4, 0.5) is 16.0 Å². The zero-order chi connectivity index (χ0) is 21.0. The number of hydrogen-bond acceptors (Lipinski definition) is 9. The van der Waals surface area contributed by atoms with Gasteiger partial charge in [-0.25, -0.2) is 19.3 Å². The lowest BCUT2D eigenvalue weighted by Crippen LogP contribution is -2.01. The van der Waals surface area contributed by atoms with Crippen molar-refractivity contribution in [3.63, 3.8) is 0 Å². The molecule has 3 aromatic rings. The number of nitrogens with zero attached hydrogens (tertiary/aromatic N) is 3. The summed E-state index contributed by atoms with van der Waals surface area (Å²) >= 11 is 3.02. The minimum Gasteiger partial charge on any atom is -0.493 e. The van der Waals surface area contributed by atoms with Crippen molar-refractivity contribution in [3.8, 4) is 22.1 Å². The number of methoxy groups -OCH3 is 1. The van der Waals surface area contributed by atoms with Crippen LogP contribution in [0.1, 0.15) is 22.7 Å².